The molecular weight excluding hydrogens is 736 g/mol. The molecule has 4 nitrogen and oxygen atoms in total. The van der Waals surface area contributed by atoms with Gasteiger partial charge < -0.3 is 19.7 Å². The quantitative estimate of drug-likeness (QED) is 0.204. The summed E-state index contributed by atoms with van der Waals surface area (Å²) in [5.74, 6) is -0.462. The Bertz CT molecular complexity index is 1340. The average molecular weight is 756 g/mol. The third-order valence-electron chi connectivity index (χ3n) is 4.89. The highest BCUT2D eigenvalue weighted by molar-refractivity contribution is 9.69. The van der Waals surface area contributed by atoms with E-state index in [9.17, 15) is 19.0 Å². The maximum Gasteiger partial charge on any atom is 0.369 e. The minimum Gasteiger partial charge on any atom is -0.507 e. The maximum atomic E-state index is 14.1. The molecule has 0 aliphatic carbocycles. The molecule has 0 saturated heterocycles. The van der Waals surface area contributed by atoms with Crippen molar-refractivity contribution in [1.29, 1.82) is 0 Å². The molecule has 0 bridgehead atoms. The van der Waals surface area contributed by atoms with Gasteiger partial charge in [-0.25, -0.2) is 8.78 Å². The third-order valence-corrected chi connectivity index (χ3v) is 5.47. The zero-order valence-corrected chi connectivity index (χ0v) is 26.1. The van der Waals surface area contributed by atoms with E-state index in [1.807, 2.05) is 0 Å². The molecular formula is C26H20BBr3Cl2F2O4. The van der Waals surface area contributed by atoms with Crippen molar-refractivity contribution in [3.63, 3.8) is 0 Å². The molecule has 0 saturated carbocycles. The van der Waals surface area contributed by atoms with Gasteiger partial charge in [-0.05, 0) is 36.4 Å². The fourth-order valence-corrected chi connectivity index (χ4v) is 3.66. The molecule has 0 heterocycles. The number of aromatic hydroxyl groups is 2. The van der Waals surface area contributed by atoms with Crippen LogP contribution in [0.1, 0.15) is 0 Å². The number of halogens is 7. The van der Waals surface area contributed by atoms with E-state index in [0.717, 1.165) is 0 Å². The van der Waals surface area contributed by atoms with Gasteiger partial charge in [0, 0.05) is 11.1 Å². The standard InChI is InChI=1S/C14H12ClFO2.C12H8ClFO2.BBr3/c1-17-11-7-4-8-12(18-2)13(11)9-5-3-6-10(15)14(9)16;13-8-4-1-3-7(12(8)14)11-9(15)5-2-6-10(11)16;2-1(3)4/h3-8H,1-2H3;1-6,15-16H;. The Hall–Kier alpha value is -1.98. The van der Waals surface area contributed by atoms with Gasteiger partial charge in [-0.3, -0.25) is 0 Å². The van der Waals surface area contributed by atoms with Crippen molar-refractivity contribution in [2.75, 3.05) is 14.2 Å². The maximum absolute atomic E-state index is 14.1. The molecule has 0 atom stereocenters. The Morgan fingerprint density at radius 3 is 1.37 bits per heavy atom. The molecule has 0 aromatic heterocycles. The first-order valence-corrected chi connectivity index (χ1v) is 14.1. The Kier molecular flexibility index (Phi) is 13.2. The lowest BCUT2D eigenvalue weighted by atomic mass is 10.0. The van der Waals surface area contributed by atoms with Gasteiger partial charge in [-0.1, -0.05) is 59.6 Å². The summed E-state index contributed by atoms with van der Waals surface area (Å²) in [6, 6.07) is 18.7. The number of methoxy groups -OCH3 is 2. The monoisotopic (exact) mass is 752 g/mol. The number of phenols is 2. The highest BCUT2D eigenvalue weighted by atomic mass is 79.9. The van der Waals surface area contributed by atoms with Crippen LogP contribution < -0.4 is 9.47 Å². The van der Waals surface area contributed by atoms with Crippen molar-refractivity contribution in [2.24, 2.45) is 0 Å². The first-order valence-electron chi connectivity index (χ1n) is 10.6. The zero-order chi connectivity index (χ0) is 28.4. The van der Waals surface area contributed by atoms with Crippen LogP contribution in [0.2, 0.25) is 10.0 Å². The highest BCUT2D eigenvalue weighted by Crippen LogP contribution is 2.41. The normalized spacial score (nSPS) is 9.92. The van der Waals surface area contributed by atoms with Gasteiger partial charge in [-0.15, -0.1) is 47.3 Å². The van der Waals surface area contributed by atoms with E-state index in [1.54, 1.807) is 36.4 Å². The lowest BCUT2D eigenvalue weighted by molar-refractivity contribution is 0.397. The van der Waals surface area contributed by atoms with Crippen LogP contribution in [0, 0.1) is 11.6 Å². The average Bonchev–Trinajstić information content (AvgIpc) is 2.87. The number of hydrogen-bond donors (Lipinski definition) is 2. The topological polar surface area (TPSA) is 58.9 Å². The number of rotatable bonds is 4. The number of hydrogen-bond acceptors (Lipinski definition) is 4. The van der Waals surface area contributed by atoms with Gasteiger partial charge in [-0.2, -0.15) is 0 Å². The van der Waals surface area contributed by atoms with Gasteiger partial charge in [0.15, 0.2) is 0 Å². The van der Waals surface area contributed by atoms with Gasteiger partial charge in [0.25, 0.3) is 0 Å². The van der Waals surface area contributed by atoms with Crippen LogP contribution in [0.4, 0.5) is 8.78 Å². The van der Waals surface area contributed by atoms with Crippen LogP contribution in [-0.2, 0) is 0 Å². The minimum atomic E-state index is -0.666. The van der Waals surface area contributed by atoms with Crippen molar-refractivity contribution < 1.29 is 28.5 Å². The molecule has 0 amide bonds. The second kappa shape index (κ2) is 15.6. The molecule has 0 spiro atoms. The minimum absolute atomic E-state index is 0.0440. The predicted octanol–water partition coefficient (Wildman–Crippen LogP) is 9.88. The summed E-state index contributed by atoms with van der Waals surface area (Å²) in [4.78, 5) is 0. The summed E-state index contributed by atoms with van der Waals surface area (Å²) in [5, 5.41) is 19.2. The van der Waals surface area contributed by atoms with Crippen LogP contribution in [0.15, 0.2) is 72.8 Å². The molecule has 0 aliphatic rings. The Balaban J connectivity index is 0.000000235. The molecule has 200 valence electrons. The molecule has 0 fully saturated rings. The number of benzene rings is 4. The van der Waals surface area contributed by atoms with Crippen LogP contribution in [-0.4, -0.2) is 27.6 Å². The summed E-state index contributed by atoms with van der Waals surface area (Å²) < 4.78 is 38.5. The van der Waals surface area contributed by atoms with Crippen molar-refractivity contribution in [1.82, 2.24) is 0 Å². The Morgan fingerprint density at radius 2 is 0.974 bits per heavy atom. The van der Waals surface area contributed by atoms with Gasteiger partial charge in [0.05, 0.1) is 35.4 Å². The van der Waals surface area contributed by atoms with E-state index < -0.39 is 11.6 Å². The van der Waals surface area contributed by atoms with Crippen LogP contribution in [0.5, 0.6) is 23.0 Å². The molecule has 12 heteroatoms. The van der Waals surface area contributed by atoms with Crippen LogP contribution in [0.3, 0.4) is 0 Å². The summed E-state index contributed by atoms with van der Waals surface area (Å²) in [6.07, 6.45) is 0. The lowest BCUT2D eigenvalue weighted by Gasteiger charge is -2.14. The summed E-state index contributed by atoms with van der Waals surface area (Å²) in [5.41, 5.74) is 1.03. The molecule has 4 rings (SSSR count). The predicted molar refractivity (Wildman–Crippen MR) is 163 cm³/mol. The second-order valence-electron chi connectivity index (χ2n) is 7.16. The fraction of sp³-hybridized carbons (Fsp3) is 0.0769. The fourth-order valence-electron chi connectivity index (χ4n) is 3.31. The van der Waals surface area contributed by atoms with Crippen molar-refractivity contribution >= 4 is 73.7 Å². The summed E-state index contributed by atoms with van der Waals surface area (Å²) in [6.45, 7) is 0. The van der Waals surface area contributed by atoms with Crippen molar-refractivity contribution in [3.05, 3.63) is 94.5 Å². The van der Waals surface area contributed by atoms with Gasteiger partial charge >= 0.3 is 3.18 Å². The van der Waals surface area contributed by atoms with Crippen molar-refractivity contribution in [2.45, 2.75) is 0 Å². The van der Waals surface area contributed by atoms with Crippen molar-refractivity contribution in [3.8, 4) is 45.3 Å². The zero-order valence-electron chi connectivity index (χ0n) is 19.9. The van der Waals surface area contributed by atoms with E-state index in [-0.39, 0.29) is 35.9 Å². The van der Waals surface area contributed by atoms with E-state index in [0.29, 0.717) is 22.6 Å². The van der Waals surface area contributed by atoms with Crippen LogP contribution in [0.25, 0.3) is 22.3 Å². The molecule has 0 unspecified atom stereocenters. The molecule has 0 aliphatic heterocycles. The lowest BCUT2D eigenvalue weighted by Crippen LogP contribution is -1.95. The Morgan fingerprint density at radius 1 is 0.632 bits per heavy atom. The first kappa shape index (κ1) is 32.2. The second-order valence-corrected chi connectivity index (χ2v) is 14.4. The highest BCUT2D eigenvalue weighted by Gasteiger charge is 2.17. The van der Waals surface area contributed by atoms with E-state index in [2.05, 4.69) is 47.3 Å². The van der Waals surface area contributed by atoms with E-state index in [4.69, 9.17) is 32.7 Å². The first-order chi connectivity index (χ1) is 18.0. The van der Waals surface area contributed by atoms with Gasteiger partial charge in [0.2, 0.25) is 0 Å². The third kappa shape index (κ3) is 8.51. The number of ether oxygens (including phenoxy) is 2. The summed E-state index contributed by atoms with van der Waals surface area (Å²) in [7, 11) is 3.06. The Labute approximate surface area is 254 Å². The van der Waals surface area contributed by atoms with Gasteiger partial charge in [0.1, 0.15) is 34.6 Å². The molecule has 2 N–H and O–H groups in total. The molecule has 38 heavy (non-hydrogen) atoms. The number of phenolic OH excluding ortho intramolecular Hbond substituents is 2. The molecule has 0 radical (unpaired) electrons. The van der Waals surface area contributed by atoms with E-state index >= 15 is 0 Å². The summed E-state index contributed by atoms with van der Waals surface area (Å²) >= 11 is 20.7. The van der Waals surface area contributed by atoms with E-state index in [1.165, 1.54) is 50.6 Å². The molecule has 4 aromatic rings. The largest absolute Gasteiger partial charge is 0.507 e. The molecule has 4 aromatic carbocycles. The van der Waals surface area contributed by atoms with Crippen LogP contribution >= 0.6 is 70.5 Å². The SMILES string of the molecule is BrB(Br)Br.COc1cccc(OC)c1-c1cccc(Cl)c1F.Oc1cccc(O)c1-c1cccc(Cl)c1F. The smallest absolute Gasteiger partial charge is 0.369 e.